The molecule has 0 amide bonds. The van der Waals surface area contributed by atoms with Crippen molar-refractivity contribution in [3.05, 3.63) is 35.4 Å². The van der Waals surface area contributed by atoms with E-state index in [0.717, 1.165) is 18.4 Å². The molecule has 0 saturated heterocycles. The highest BCUT2D eigenvalue weighted by molar-refractivity contribution is 5.75. The van der Waals surface area contributed by atoms with Crippen LogP contribution in [-0.2, 0) is 10.2 Å². The second kappa shape index (κ2) is 3.57. The number of aliphatic hydroxyl groups is 1. The smallest absolute Gasteiger partial charge is 0.333 e. The minimum absolute atomic E-state index is 0.517. The molecule has 0 aromatic heterocycles. The van der Waals surface area contributed by atoms with Crippen LogP contribution in [-0.4, -0.2) is 22.3 Å². The van der Waals surface area contributed by atoms with Gasteiger partial charge in [0.25, 0.3) is 0 Å². The molecule has 2 N–H and O–H groups in total. The van der Waals surface area contributed by atoms with E-state index in [1.807, 2.05) is 12.1 Å². The van der Waals surface area contributed by atoms with Crippen molar-refractivity contribution in [1.82, 2.24) is 0 Å². The summed E-state index contributed by atoms with van der Waals surface area (Å²) in [6, 6.07) is 8.13. The predicted molar refractivity (Wildman–Crippen MR) is 63.0 cm³/mol. The normalized spacial score (nSPS) is 23.1. The first-order valence-electron chi connectivity index (χ1n) is 6.15. The summed E-state index contributed by atoms with van der Waals surface area (Å²) in [6.45, 7) is 0. The molecule has 1 unspecified atom stereocenters. The van der Waals surface area contributed by atoms with Gasteiger partial charge in [-0.25, -0.2) is 4.79 Å². The minimum Gasteiger partial charge on any atom is -0.479 e. The van der Waals surface area contributed by atoms with Gasteiger partial charge in [0.15, 0.2) is 6.10 Å². The number of benzene rings is 1. The van der Waals surface area contributed by atoms with Gasteiger partial charge in [0.1, 0.15) is 0 Å². The third kappa shape index (κ3) is 1.75. The first kappa shape index (κ1) is 10.8. The topological polar surface area (TPSA) is 57.5 Å². The molecular weight excluding hydrogens is 216 g/mol. The van der Waals surface area contributed by atoms with Crippen LogP contribution in [0, 0.1) is 0 Å². The number of hydrogen-bond acceptors (Lipinski definition) is 2. The molecule has 1 aromatic rings. The Morgan fingerprint density at radius 2 is 2.06 bits per heavy atom. The molecule has 2 fully saturated rings. The summed E-state index contributed by atoms with van der Waals surface area (Å²) in [4.78, 5) is 10.9. The van der Waals surface area contributed by atoms with Gasteiger partial charge in [0.2, 0.25) is 0 Å². The van der Waals surface area contributed by atoms with Crippen LogP contribution in [0.2, 0.25) is 0 Å². The molecular formula is C14H16O3. The predicted octanol–water partition coefficient (Wildman–Crippen LogP) is 2.04. The molecule has 3 nitrogen and oxygen atoms in total. The van der Waals surface area contributed by atoms with Crippen LogP contribution in [0.15, 0.2) is 24.3 Å². The Morgan fingerprint density at radius 3 is 2.59 bits per heavy atom. The molecule has 0 bridgehead atoms. The van der Waals surface area contributed by atoms with Crippen molar-refractivity contribution in [3.8, 4) is 0 Å². The highest BCUT2D eigenvalue weighted by Crippen LogP contribution is 2.52. The summed E-state index contributed by atoms with van der Waals surface area (Å²) in [5.41, 5.74) is 1.78. The van der Waals surface area contributed by atoms with Crippen molar-refractivity contribution in [3.63, 3.8) is 0 Å². The number of carboxylic acids is 1. The van der Waals surface area contributed by atoms with Crippen LogP contribution in [0.4, 0.5) is 0 Å². The van der Waals surface area contributed by atoms with Gasteiger partial charge in [-0.1, -0.05) is 24.3 Å². The van der Waals surface area contributed by atoms with E-state index in [-0.39, 0.29) is 0 Å². The van der Waals surface area contributed by atoms with Crippen molar-refractivity contribution < 1.29 is 15.0 Å². The number of carbonyl (C=O) groups is 1. The van der Waals surface area contributed by atoms with Crippen molar-refractivity contribution in [1.29, 1.82) is 0 Å². The Labute approximate surface area is 100 Å². The van der Waals surface area contributed by atoms with E-state index in [0.29, 0.717) is 5.92 Å². The first-order valence-corrected chi connectivity index (χ1v) is 6.15. The molecule has 0 heterocycles. The molecule has 17 heavy (non-hydrogen) atoms. The van der Waals surface area contributed by atoms with Crippen molar-refractivity contribution in [2.24, 2.45) is 0 Å². The fourth-order valence-corrected chi connectivity index (χ4v) is 2.61. The highest BCUT2D eigenvalue weighted by Gasteiger charge is 2.53. The molecule has 0 aliphatic heterocycles. The van der Waals surface area contributed by atoms with E-state index < -0.39 is 17.5 Å². The third-order valence-electron chi connectivity index (χ3n) is 4.06. The first-order chi connectivity index (χ1) is 8.13. The summed E-state index contributed by atoms with van der Waals surface area (Å²) < 4.78 is 0. The van der Waals surface area contributed by atoms with E-state index in [9.17, 15) is 9.90 Å². The maximum atomic E-state index is 10.9. The largest absolute Gasteiger partial charge is 0.479 e. The monoisotopic (exact) mass is 232 g/mol. The number of aliphatic carboxylic acids is 1. The molecule has 0 radical (unpaired) electrons. The molecule has 90 valence electrons. The molecule has 0 spiro atoms. The lowest BCUT2D eigenvalue weighted by Crippen LogP contribution is -2.33. The zero-order chi connectivity index (χ0) is 12.0. The van der Waals surface area contributed by atoms with Crippen LogP contribution < -0.4 is 0 Å². The summed E-state index contributed by atoms with van der Waals surface area (Å²) in [7, 11) is 0. The zero-order valence-corrected chi connectivity index (χ0v) is 9.60. The number of hydrogen-bond donors (Lipinski definition) is 2. The second-order valence-corrected chi connectivity index (χ2v) is 5.30. The summed E-state index contributed by atoms with van der Waals surface area (Å²) in [5, 5.41) is 18.8. The second-order valence-electron chi connectivity index (χ2n) is 5.30. The van der Waals surface area contributed by atoms with Crippen molar-refractivity contribution >= 4 is 5.97 Å². The van der Waals surface area contributed by atoms with Gasteiger partial charge in [-0.2, -0.15) is 0 Å². The molecule has 2 saturated carbocycles. The van der Waals surface area contributed by atoms with Crippen molar-refractivity contribution in [2.75, 3.05) is 0 Å². The van der Waals surface area contributed by atoms with Crippen LogP contribution in [0.1, 0.15) is 42.7 Å². The summed E-state index contributed by atoms with van der Waals surface area (Å²) in [6.07, 6.45) is 2.75. The Kier molecular flexibility index (Phi) is 2.26. The van der Waals surface area contributed by atoms with Crippen molar-refractivity contribution in [2.45, 2.75) is 43.1 Å². The molecule has 3 heteroatoms. The number of aliphatic hydroxyl groups excluding tert-OH is 1. The average Bonchev–Trinajstić information content (AvgIpc) is 3.19. The molecule has 2 aliphatic rings. The van der Waals surface area contributed by atoms with E-state index in [1.54, 1.807) is 0 Å². The van der Waals surface area contributed by atoms with E-state index in [4.69, 9.17) is 5.11 Å². The summed E-state index contributed by atoms with van der Waals surface area (Å²) in [5.74, 6) is -0.452. The third-order valence-corrected chi connectivity index (χ3v) is 4.06. The lowest BCUT2D eigenvalue weighted by atomic mass is 9.88. The van der Waals surface area contributed by atoms with Gasteiger partial charge in [-0.05, 0) is 42.7 Å². The molecule has 3 rings (SSSR count). The molecule has 2 aliphatic carbocycles. The fraction of sp³-hybridized carbons (Fsp3) is 0.500. The maximum absolute atomic E-state index is 10.9. The van der Waals surface area contributed by atoms with Crippen LogP contribution in [0.5, 0.6) is 0 Å². The fourth-order valence-electron chi connectivity index (χ4n) is 2.61. The minimum atomic E-state index is -1.27. The number of carboxylic acid groups (broad SMARTS) is 1. The Hall–Kier alpha value is -1.35. The van der Waals surface area contributed by atoms with Gasteiger partial charge in [-0.15, -0.1) is 0 Å². The van der Waals surface area contributed by atoms with Gasteiger partial charge < -0.3 is 10.2 Å². The number of rotatable bonds is 4. The van der Waals surface area contributed by atoms with E-state index in [1.165, 1.54) is 18.4 Å². The van der Waals surface area contributed by atoms with Gasteiger partial charge in [0.05, 0.1) is 0 Å². The van der Waals surface area contributed by atoms with E-state index in [2.05, 4.69) is 12.1 Å². The quantitative estimate of drug-likeness (QED) is 0.835. The lowest BCUT2D eigenvalue weighted by molar-refractivity contribution is -0.148. The zero-order valence-electron chi connectivity index (χ0n) is 9.60. The lowest BCUT2D eigenvalue weighted by Gasteiger charge is -2.19. The summed E-state index contributed by atoms with van der Waals surface area (Å²) >= 11 is 0. The van der Waals surface area contributed by atoms with Crippen LogP contribution in [0.25, 0.3) is 0 Å². The van der Waals surface area contributed by atoms with Gasteiger partial charge in [-0.3, -0.25) is 0 Å². The maximum Gasteiger partial charge on any atom is 0.333 e. The Balaban J connectivity index is 1.92. The highest BCUT2D eigenvalue weighted by atomic mass is 16.4. The average molecular weight is 232 g/mol. The van der Waals surface area contributed by atoms with Gasteiger partial charge in [0, 0.05) is 5.41 Å². The van der Waals surface area contributed by atoms with Crippen LogP contribution in [0.3, 0.4) is 0 Å². The Morgan fingerprint density at radius 1 is 1.35 bits per heavy atom. The molecule has 1 aromatic carbocycles. The SMILES string of the molecule is O=C(O)C(O)C1(c2cccc(C3CC3)c2)CC1. The van der Waals surface area contributed by atoms with Crippen LogP contribution >= 0.6 is 0 Å². The van der Waals surface area contributed by atoms with E-state index >= 15 is 0 Å². The Bertz CT molecular complexity index is 458. The standard InChI is InChI=1S/C14H16O3/c15-12(13(16)17)14(6-7-14)11-3-1-2-10(8-11)9-4-5-9/h1-3,8-9,12,15H,4-7H2,(H,16,17). The molecule has 1 atom stereocenters. The van der Waals surface area contributed by atoms with Gasteiger partial charge >= 0.3 is 5.97 Å².